The fourth-order valence-corrected chi connectivity index (χ4v) is 2.69. The third-order valence-corrected chi connectivity index (χ3v) is 4.12. The lowest BCUT2D eigenvalue weighted by Crippen LogP contribution is -2.03. The average molecular weight is 290 g/mol. The van der Waals surface area contributed by atoms with Crippen molar-refractivity contribution < 1.29 is 4.92 Å². The average Bonchev–Trinajstić information content (AvgIpc) is 3.17. The van der Waals surface area contributed by atoms with Gasteiger partial charge in [0, 0.05) is 35.6 Å². The van der Waals surface area contributed by atoms with Gasteiger partial charge in [0.25, 0.3) is 5.69 Å². The van der Waals surface area contributed by atoms with Crippen LogP contribution in [-0.4, -0.2) is 14.3 Å². The first kappa shape index (κ1) is 13.0. The Bertz CT molecular complexity index is 652. The highest BCUT2D eigenvalue weighted by molar-refractivity contribution is 7.09. The molecule has 0 radical (unpaired) electrons. The van der Waals surface area contributed by atoms with Crippen LogP contribution in [0.2, 0.25) is 0 Å². The Morgan fingerprint density at radius 2 is 2.30 bits per heavy atom. The molecule has 0 aliphatic heterocycles. The van der Waals surface area contributed by atoms with Gasteiger partial charge in [-0.05, 0) is 25.3 Å². The van der Waals surface area contributed by atoms with Gasteiger partial charge in [-0.2, -0.15) is 4.37 Å². The lowest BCUT2D eigenvalue weighted by molar-refractivity contribution is -0.385. The predicted molar refractivity (Wildman–Crippen MR) is 77.0 cm³/mol. The van der Waals surface area contributed by atoms with Gasteiger partial charge < -0.3 is 5.32 Å². The summed E-state index contributed by atoms with van der Waals surface area (Å²) in [5, 5.41) is 14.9. The summed E-state index contributed by atoms with van der Waals surface area (Å²) in [7, 11) is 0. The third kappa shape index (κ3) is 2.62. The van der Waals surface area contributed by atoms with Crippen molar-refractivity contribution in [2.24, 2.45) is 0 Å². The van der Waals surface area contributed by atoms with E-state index in [0.29, 0.717) is 18.0 Å². The molecule has 1 aliphatic rings. The lowest BCUT2D eigenvalue weighted by Gasteiger charge is -2.06. The van der Waals surface area contributed by atoms with E-state index in [0.717, 1.165) is 16.5 Å². The number of anilines is 1. The minimum absolute atomic E-state index is 0.153. The molecule has 1 N–H and O–H groups in total. The van der Waals surface area contributed by atoms with Crippen molar-refractivity contribution in [2.45, 2.75) is 32.2 Å². The van der Waals surface area contributed by atoms with Crippen molar-refractivity contribution >= 4 is 22.4 Å². The largest absolute Gasteiger partial charge is 0.356 e. The summed E-state index contributed by atoms with van der Waals surface area (Å²) in [6.07, 6.45) is 2.36. The normalized spacial score (nSPS) is 14.2. The van der Waals surface area contributed by atoms with Crippen LogP contribution in [0.1, 0.15) is 35.7 Å². The fraction of sp³-hybridized carbons (Fsp3) is 0.385. The van der Waals surface area contributed by atoms with E-state index >= 15 is 0 Å². The molecule has 1 heterocycles. The van der Waals surface area contributed by atoms with Crippen LogP contribution in [0.15, 0.2) is 18.2 Å². The first-order valence-electron chi connectivity index (χ1n) is 6.45. The molecule has 1 aliphatic carbocycles. The molecule has 0 unspecified atom stereocenters. The van der Waals surface area contributed by atoms with E-state index in [9.17, 15) is 10.1 Å². The van der Waals surface area contributed by atoms with Gasteiger partial charge in [-0.25, -0.2) is 4.98 Å². The minimum atomic E-state index is -0.352. The Labute approximate surface area is 120 Å². The maximum absolute atomic E-state index is 10.9. The number of benzene rings is 1. The zero-order valence-electron chi connectivity index (χ0n) is 11.0. The van der Waals surface area contributed by atoms with Crippen LogP contribution in [-0.2, 0) is 6.54 Å². The van der Waals surface area contributed by atoms with Gasteiger partial charge in [0.1, 0.15) is 5.82 Å². The lowest BCUT2D eigenvalue weighted by atomic mass is 10.1. The van der Waals surface area contributed by atoms with Crippen molar-refractivity contribution in [3.05, 3.63) is 45.3 Å². The number of nitro groups is 1. The van der Waals surface area contributed by atoms with Crippen LogP contribution in [0.5, 0.6) is 0 Å². The van der Waals surface area contributed by atoms with Crippen molar-refractivity contribution in [2.75, 3.05) is 5.32 Å². The van der Waals surface area contributed by atoms with Gasteiger partial charge in [0.2, 0.25) is 5.13 Å². The number of hydrogen-bond donors (Lipinski definition) is 1. The van der Waals surface area contributed by atoms with Crippen molar-refractivity contribution in [3.63, 3.8) is 0 Å². The van der Waals surface area contributed by atoms with Gasteiger partial charge in [-0.3, -0.25) is 10.1 Å². The topological polar surface area (TPSA) is 81.0 Å². The first-order valence-corrected chi connectivity index (χ1v) is 7.23. The van der Waals surface area contributed by atoms with Gasteiger partial charge >= 0.3 is 0 Å². The molecule has 0 atom stereocenters. The monoisotopic (exact) mass is 290 g/mol. The highest BCUT2D eigenvalue weighted by atomic mass is 32.1. The number of rotatable bonds is 5. The molecule has 20 heavy (non-hydrogen) atoms. The van der Waals surface area contributed by atoms with Crippen molar-refractivity contribution in [1.82, 2.24) is 9.36 Å². The molecule has 1 saturated carbocycles. The van der Waals surface area contributed by atoms with Crippen LogP contribution < -0.4 is 5.32 Å². The molecular weight excluding hydrogens is 276 g/mol. The molecule has 1 aromatic carbocycles. The second-order valence-corrected chi connectivity index (χ2v) is 5.66. The zero-order chi connectivity index (χ0) is 14.1. The Morgan fingerprint density at radius 3 is 3.00 bits per heavy atom. The number of nitrogens with one attached hydrogen (secondary N) is 1. The zero-order valence-corrected chi connectivity index (χ0v) is 11.8. The molecule has 1 aromatic heterocycles. The fourth-order valence-electron chi connectivity index (χ4n) is 2.04. The predicted octanol–water partition coefficient (Wildman–Crippen LogP) is 3.24. The molecule has 0 bridgehead atoms. The van der Waals surface area contributed by atoms with Crippen LogP contribution in [0.25, 0.3) is 0 Å². The summed E-state index contributed by atoms with van der Waals surface area (Å²) in [5.74, 6) is 1.47. The summed E-state index contributed by atoms with van der Waals surface area (Å²) >= 11 is 1.35. The maximum Gasteiger partial charge on any atom is 0.272 e. The summed E-state index contributed by atoms with van der Waals surface area (Å²) in [6, 6.07) is 5.12. The van der Waals surface area contributed by atoms with Crippen LogP contribution in [0.3, 0.4) is 0 Å². The molecule has 0 saturated heterocycles. The molecule has 0 spiro atoms. The van der Waals surface area contributed by atoms with E-state index < -0.39 is 0 Å². The van der Waals surface area contributed by atoms with E-state index in [1.807, 2.05) is 6.07 Å². The van der Waals surface area contributed by atoms with Gasteiger partial charge in [0.05, 0.1) is 4.92 Å². The molecule has 3 rings (SSSR count). The molecule has 7 heteroatoms. The number of aromatic nitrogens is 2. The Hall–Kier alpha value is -2.02. The molecule has 2 aromatic rings. The van der Waals surface area contributed by atoms with Gasteiger partial charge in [-0.15, -0.1) is 0 Å². The van der Waals surface area contributed by atoms with Crippen LogP contribution >= 0.6 is 11.5 Å². The summed E-state index contributed by atoms with van der Waals surface area (Å²) in [4.78, 5) is 15.0. The highest BCUT2D eigenvalue weighted by Crippen LogP contribution is 2.39. The molecule has 104 valence electrons. The van der Waals surface area contributed by atoms with Crippen molar-refractivity contribution in [1.29, 1.82) is 0 Å². The Kier molecular flexibility index (Phi) is 3.35. The minimum Gasteiger partial charge on any atom is -0.356 e. The first-order chi connectivity index (χ1) is 9.65. The van der Waals surface area contributed by atoms with E-state index in [2.05, 4.69) is 14.7 Å². The number of nitro benzene ring substituents is 1. The Balaban J connectivity index is 1.71. The molecular formula is C13H14N4O2S. The second-order valence-electron chi connectivity index (χ2n) is 4.90. The third-order valence-electron chi connectivity index (χ3n) is 3.43. The maximum atomic E-state index is 10.9. The summed E-state index contributed by atoms with van der Waals surface area (Å²) in [5.41, 5.74) is 1.75. The van der Waals surface area contributed by atoms with Gasteiger partial charge in [0.15, 0.2) is 0 Å². The van der Waals surface area contributed by atoms with Crippen LogP contribution in [0, 0.1) is 17.0 Å². The highest BCUT2D eigenvalue weighted by Gasteiger charge is 2.27. The molecule has 0 amide bonds. The van der Waals surface area contributed by atoms with E-state index in [4.69, 9.17) is 0 Å². The number of hydrogen-bond acceptors (Lipinski definition) is 6. The summed E-state index contributed by atoms with van der Waals surface area (Å²) < 4.78 is 4.32. The molecule has 6 nitrogen and oxygen atoms in total. The number of nitrogens with zero attached hydrogens (tertiary/aromatic N) is 3. The SMILES string of the molecule is Cc1c(CNc2nc(C3CC3)ns2)cccc1[N+](=O)[O-]. The van der Waals surface area contributed by atoms with E-state index in [-0.39, 0.29) is 10.6 Å². The Morgan fingerprint density at radius 1 is 1.50 bits per heavy atom. The summed E-state index contributed by atoms with van der Waals surface area (Å²) in [6.45, 7) is 2.29. The van der Waals surface area contributed by atoms with Crippen molar-refractivity contribution in [3.8, 4) is 0 Å². The van der Waals surface area contributed by atoms with E-state index in [1.165, 1.54) is 30.4 Å². The molecule has 1 fully saturated rings. The smallest absolute Gasteiger partial charge is 0.272 e. The van der Waals surface area contributed by atoms with Crippen LogP contribution in [0.4, 0.5) is 10.8 Å². The quantitative estimate of drug-likeness (QED) is 0.675. The van der Waals surface area contributed by atoms with Gasteiger partial charge in [-0.1, -0.05) is 12.1 Å². The standard InChI is InChI=1S/C13H14N4O2S/c1-8-10(3-2-4-11(8)17(18)19)7-14-13-15-12(16-20-13)9-5-6-9/h2-4,9H,5-7H2,1H3,(H,14,15,16). The second kappa shape index (κ2) is 5.16. The van der Waals surface area contributed by atoms with E-state index in [1.54, 1.807) is 13.0 Å².